The van der Waals surface area contributed by atoms with E-state index in [1.165, 1.54) is 42.2 Å². The summed E-state index contributed by atoms with van der Waals surface area (Å²) in [6, 6.07) is 0. The summed E-state index contributed by atoms with van der Waals surface area (Å²) < 4.78 is 1.31. The summed E-state index contributed by atoms with van der Waals surface area (Å²) in [5.74, 6) is 0.812. The second-order valence-electron chi connectivity index (χ2n) is 3.68. The molecular formula is C11H14Br. The van der Waals surface area contributed by atoms with Crippen LogP contribution in [0.25, 0.3) is 0 Å². The smallest absolute Gasteiger partial charge is 0.0176 e. The average molecular weight is 226 g/mol. The van der Waals surface area contributed by atoms with Crippen LogP contribution in [0.1, 0.15) is 38.5 Å². The number of halogens is 1. The number of rotatable bonds is 1. The molecule has 1 saturated carbocycles. The van der Waals surface area contributed by atoms with Crippen molar-refractivity contribution >= 4 is 15.9 Å². The SMILES string of the molecule is BrC1=CC[C]=C1C1CCCCC1. The van der Waals surface area contributed by atoms with Crippen molar-refractivity contribution in [2.45, 2.75) is 38.5 Å². The number of allylic oxidation sites excluding steroid dienone is 4. The minimum absolute atomic E-state index is 0.812. The highest BCUT2D eigenvalue weighted by Crippen LogP contribution is 2.37. The Morgan fingerprint density at radius 1 is 1.25 bits per heavy atom. The standard InChI is InChI=1S/C11H14Br/c12-11-8-4-7-10(11)9-5-2-1-3-6-9/h8-9H,1-6H2. The first kappa shape index (κ1) is 8.55. The summed E-state index contributed by atoms with van der Waals surface area (Å²) in [5.41, 5.74) is 1.47. The maximum Gasteiger partial charge on any atom is 0.0176 e. The largest absolute Gasteiger partial charge is 0.0655 e. The topological polar surface area (TPSA) is 0 Å². The molecule has 2 aliphatic carbocycles. The van der Waals surface area contributed by atoms with Crippen molar-refractivity contribution in [1.29, 1.82) is 0 Å². The molecule has 0 heterocycles. The summed E-state index contributed by atoms with van der Waals surface area (Å²) >= 11 is 3.60. The van der Waals surface area contributed by atoms with Crippen LogP contribution in [0.15, 0.2) is 16.1 Å². The van der Waals surface area contributed by atoms with Gasteiger partial charge in [0.25, 0.3) is 0 Å². The molecule has 0 aromatic rings. The zero-order chi connectivity index (χ0) is 8.39. The quantitative estimate of drug-likeness (QED) is 0.634. The van der Waals surface area contributed by atoms with Crippen LogP contribution in [0.3, 0.4) is 0 Å². The van der Waals surface area contributed by atoms with Crippen molar-refractivity contribution in [2.75, 3.05) is 0 Å². The molecule has 2 aliphatic rings. The Hall–Kier alpha value is -0.0400. The molecule has 2 rings (SSSR count). The zero-order valence-corrected chi connectivity index (χ0v) is 8.86. The fraction of sp³-hybridized carbons (Fsp3) is 0.636. The van der Waals surface area contributed by atoms with Crippen molar-refractivity contribution in [3.05, 3.63) is 22.2 Å². The molecule has 1 radical (unpaired) electrons. The van der Waals surface area contributed by atoms with Crippen LogP contribution in [0.5, 0.6) is 0 Å². The van der Waals surface area contributed by atoms with Gasteiger partial charge in [-0.1, -0.05) is 41.3 Å². The van der Waals surface area contributed by atoms with E-state index in [0.717, 1.165) is 12.3 Å². The lowest BCUT2D eigenvalue weighted by Crippen LogP contribution is -2.08. The van der Waals surface area contributed by atoms with Gasteiger partial charge in [-0.05, 0) is 36.8 Å². The summed E-state index contributed by atoms with van der Waals surface area (Å²) in [6.45, 7) is 0. The van der Waals surface area contributed by atoms with Crippen LogP contribution in [-0.2, 0) is 0 Å². The van der Waals surface area contributed by atoms with Gasteiger partial charge in [0, 0.05) is 4.48 Å². The second kappa shape index (κ2) is 3.78. The van der Waals surface area contributed by atoms with Crippen LogP contribution in [-0.4, -0.2) is 0 Å². The number of hydrogen-bond acceptors (Lipinski definition) is 0. The fourth-order valence-corrected chi connectivity index (χ4v) is 2.80. The lowest BCUT2D eigenvalue weighted by molar-refractivity contribution is 0.407. The van der Waals surface area contributed by atoms with E-state index in [4.69, 9.17) is 0 Å². The first-order valence-electron chi connectivity index (χ1n) is 4.84. The molecule has 65 valence electrons. The predicted molar refractivity (Wildman–Crippen MR) is 55.0 cm³/mol. The van der Waals surface area contributed by atoms with Crippen LogP contribution in [0, 0.1) is 12.0 Å². The van der Waals surface area contributed by atoms with Gasteiger partial charge >= 0.3 is 0 Å². The highest BCUT2D eigenvalue weighted by molar-refractivity contribution is 9.12. The third kappa shape index (κ3) is 1.66. The second-order valence-corrected chi connectivity index (χ2v) is 4.54. The summed E-state index contributed by atoms with van der Waals surface area (Å²) in [4.78, 5) is 0. The van der Waals surface area contributed by atoms with E-state index in [-0.39, 0.29) is 0 Å². The van der Waals surface area contributed by atoms with E-state index in [9.17, 15) is 0 Å². The highest BCUT2D eigenvalue weighted by atomic mass is 79.9. The van der Waals surface area contributed by atoms with E-state index < -0.39 is 0 Å². The summed E-state index contributed by atoms with van der Waals surface area (Å²) in [5, 5.41) is 0. The Balaban J connectivity index is 2.03. The van der Waals surface area contributed by atoms with Gasteiger partial charge in [-0.3, -0.25) is 0 Å². The van der Waals surface area contributed by atoms with Crippen molar-refractivity contribution in [3.8, 4) is 0 Å². The number of hydrogen-bond donors (Lipinski definition) is 0. The lowest BCUT2D eigenvalue weighted by atomic mass is 9.84. The molecule has 0 aliphatic heterocycles. The van der Waals surface area contributed by atoms with Gasteiger partial charge in [-0.15, -0.1) is 0 Å². The zero-order valence-electron chi connectivity index (χ0n) is 7.28. The molecule has 0 atom stereocenters. The molecule has 0 N–H and O–H groups in total. The van der Waals surface area contributed by atoms with E-state index in [0.29, 0.717) is 0 Å². The van der Waals surface area contributed by atoms with Crippen molar-refractivity contribution in [3.63, 3.8) is 0 Å². The first-order valence-corrected chi connectivity index (χ1v) is 5.64. The molecule has 0 spiro atoms. The minimum Gasteiger partial charge on any atom is -0.0655 e. The summed E-state index contributed by atoms with van der Waals surface area (Å²) in [7, 11) is 0. The van der Waals surface area contributed by atoms with Gasteiger partial charge in [-0.2, -0.15) is 0 Å². The average Bonchev–Trinajstić information content (AvgIpc) is 2.53. The minimum atomic E-state index is 0.812. The molecule has 12 heavy (non-hydrogen) atoms. The molecule has 0 amide bonds. The van der Waals surface area contributed by atoms with Crippen LogP contribution in [0.2, 0.25) is 0 Å². The van der Waals surface area contributed by atoms with E-state index >= 15 is 0 Å². The fourth-order valence-electron chi connectivity index (χ4n) is 2.18. The van der Waals surface area contributed by atoms with Crippen LogP contribution in [0.4, 0.5) is 0 Å². The Bertz CT molecular complexity index is 219. The maximum absolute atomic E-state index is 3.60. The van der Waals surface area contributed by atoms with Crippen LogP contribution < -0.4 is 0 Å². The predicted octanol–water partition coefficient (Wildman–Crippen LogP) is 3.98. The molecule has 0 aromatic heterocycles. The molecule has 0 saturated heterocycles. The maximum atomic E-state index is 3.60. The van der Waals surface area contributed by atoms with E-state index in [2.05, 4.69) is 28.1 Å². The van der Waals surface area contributed by atoms with Gasteiger partial charge < -0.3 is 0 Å². The monoisotopic (exact) mass is 225 g/mol. The normalized spacial score (nSPS) is 25.4. The van der Waals surface area contributed by atoms with Gasteiger partial charge in [0.2, 0.25) is 0 Å². The van der Waals surface area contributed by atoms with Gasteiger partial charge in [0.15, 0.2) is 0 Å². The molecule has 1 heteroatoms. The van der Waals surface area contributed by atoms with Crippen molar-refractivity contribution in [2.24, 2.45) is 5.92 Å². The van der Waals surface area contributed by atoms with Gasteiger partial charge in [-0.25, -0.2) is 0 Å². The van der Waals surface area contributed by atoms with Crippen molar-refractivity contribution < 1.29 is 0 Å². The molecule has 0 aromatic carbocycles. The Labute approximate surface area is 82.9 Å². The third-order valence-electron chi connectivity index (χ3n) is 2.84. The Kier molecular flexibility index (Phi) is 2.69. The third-order valence-corrected chi connectivity index (χ3v) is 3.60. The summed E-state index contributed by atoms with van der Waals surface area (Å²) in [6.07, 6.45) is 13.7. The molecule has 0 unspecified atom stereocenters. The lowest BCUT2D eigenvalue weighted by Gasteiger charge is -2.22. The van der Waals surface area contributed by atoms with E-state index in [1.807, 2.05) is 0 Å². The van der Waals surface area contributed by atoms with E-state index in [1.54, 1.807) is 0 Å². The first-order chi connectivity index (χ1) is 5.88. The molecular weight excluding hydrogens is 212 g/mol. The molecule has 0 nitrogen and oxygen atoms in total. The van der Waals surface area contributed by atoms with Gasteiger partial charge in [0.05, 0.1) is 0 Å². The Morgan fingerprint density at radius 2 is 2.00 bits per heavy atom. The van der Waals surface area contributed by atoms with Crippen LogP contribution >= 0.6 is 15.9 Å². The van der Waals surface area contributed by atoms with Crippen molar-refractivity contribution in [1.82, 2.24) is 0 Å². The highest BCUT2D eigenvalue weighted by Gasteiger charge is 2.21. The van der Waals surface area contributed by atoms with Gasteiger partial charge in [0.1, 0.15) is 0 Å². The Morgan fingerprint density at radius 3 is 2.58 bits per heavy atom. The molecule has 0 bridgehead atoms. The molecule has 1 fully saturated rings.